The molecule has 2 rings (SSSR count). The largest absolute Gasteiger partial charge is 0.479 e. The molecule has 0 saturated heterocycles. The van der Waals surface area contributed by atoms with Crippen LogP contribution < -0.4 is 4.74 Å². The van der Waals surface area contributed by atoms with E-state index in [1.54, 1.807) is 0 Å². The van der Waals surface area contributed by atoms with E-state index in [-0.39, 0.29) is 17.7 Å². The summed E-state index contributed by atoms with van der Waals surface area (Å²) in [6.07, 6.45) is -7.32. The molecule has 0 aromatic heterocycles. The van der Waals surface area contributed by atoms with Crippen LogP contribution in [0.15, 0.2) is 18.2 Å². The minimum atomic E-state index is -4.52. The van der Waals surface area contributed by atoms with Crippen LogP contribution in [0.1, 0.15) is 23.7 Å². The minimum absolute atomic E-state index is 0.0332. The van der Waals surface area contributed by atoms with Gasteiger partial charge in [-0.25, -0.2) is 4.79 Å². The fraction of sp³-hybridized carbons (Fsp3) is 0.364. The Hall–Kier alpha value is -1.76. The maximum Gasteiger partial charge on any atom is 0.416 e. The summed E-state index contributed by atoms with van der Waals surface area (Å²) in [5.74, 6) is -1.30. The molecule has 18 heavy (non-hydrogen) atoms. The SMILES string of the molecule is O=C(O)[C@@H]1C[C@@H](O)c2cc(C(F)(F)F)ccc2O1. The number of fused-ring (bicyclic) bond motifs is 1. The molecule has 1 aliphatic rings. The highest BCUT2D eigenvalue weighted by atomic mass is 19.4. The van der Waals surface area contributed by atoms with E-state index < -0.39 is 29.9 Å². The number of carboxylic acid groups (broad SMARTS) is 1. The van der Waals surface area contributed by atoms with Crippen molar-refractivity contribution in [3.8, 4) is 5.75 Å². The Morgan fingerprint density at radius 3 is 2.61 bits per heavy atom. The lowest BCUT2D eigenvalue weighted by Gasteiger charge is -2.27. The quantitative estimate of drug-likeness (QED) is 0.812. The van der Waals surface area contributed by atoms with E-state index in [0.717, 1.165) is 18.2 Å². The van der Waals surface area contributed by atoms with E-state index >= 15 is 0 Å². The number of carbonyl (C=O) groups is 1. The fourth-order valence-corrected chi connectivity index (χ4v) is 1.77. The smallest absolute Gasteiger partial charge is 0.416 e. The summed E-state index contributed by atoms with van der Waals surface area (Å²) < 4.78 is 42.4. The van der Waals surface area contributed by atoms with E-state index in [4.69, 9.17) is 9.84 Å². The summed E-state index contributed by atoms with van der Waals surface area (Å²) in [6, 6.07) is 2.59. The number of ether oxygens (including phenoxy) is 1. The Bertz CT molecular complexity index is 484. The highest BCUT2D eigenvalue weighted by molar-refractivity contribution is 5.73. The Morgan fingerprint density at radius 2 is 2.06 bits per heavy atom. The van der Waals surface area contributed by atoms with Gasteiger partial charge in [-0.05, 0) is 18.2 Å². The molecule has 1 aromatic rings. The van der Waals surface area contributed by atoms with Gasteiger partial charge in [-0.15, -0.1) is 0 Å². The standard InChI is InChI=1S/C11H9F3O4/c12-11(13,14)5-1-2-8-6(3-5)7(15)4-9(18-8)10(16)17/h1-3,7,9,15H,4H2,(H,16,17)/t7-,9+/m1/s1. The van der Waals surface area contributed by atoms with Crippen LogP contribution in [0.2, 0.25) is 0 Å². The third-order valence-electron chi connectivity index (χ3n) is 2.68. The molecule has 0 spiro atoms. The third kappa shape index (κ3) is 2.26. The zero-order valence-electron chi connectivity index (χ0n) is 8.94. The van der Waals surface area contributed by atoms with E-state index in [1.165, 1.54) is 0 Å². The predicted octanol–water partition coefficient (Wildman–Crippen LogP) is 1.97. The fourth-order valence-electron chi connectivity index (χ4n) is 1.77. The molecule has 0 unspecified atom stereocenters. The van der Waals surface area contributed by atoms with Crippen molar-refractivity contribution in [2.45, 2.75) is 24.8 Å². The van der Waals surface area contributed by atoms with Gasteiger partial charge in [0.15, 0.2) is 6.10 Å². The van der Waals surface area contributed by atoms with Crippen molar-refractivity contribution in [3.05, 3.63) is 29.3 Å². The molecule has 4 nitrogen and oxygen atoms in total. The third-order valence-corrected chi connectivity index (χ3v) is 2.68. The van der Waals surface area contributed by atoms with Gasteiger partial charge >= 0.3 is 12.1 Å². The number of rotatable bonds is 1. The van der Waals surface area contributed by atoms with Gasteiger partial charge in [-0.2, -0.15) is 13.2 Å². The molecule has 1 aromatic carbocycles. The topological polar surface area (TPSA) is 66.8 Å². The second-order valence-corrected chi connectivity index (χ2v) is 3.95. The lowest BCUT2D eigenvalue weighted by Crippen LogP contribution is -2.33. The first kappa shape index (κ1) is 12.7. The molecule has 2 N–H and O–H groups in total. The first-order valence-electron chi connectivity index (χ1n) is 5.07. The molecule has 1 heterocycles. The van der Waals surface area contributed by atoms with Gasteiger partial charge in [-0.1, -0.05) is 0 Å². The second kappa shape index (κ2) is 4.16. The van der Waals surface area contributed by atoms with E-state index in [9.17, 15) is 23.1 Å². The minimum Gasteiger partial charge on any atom is -0.479 e. The molecule has 0 aliphatic carbocycles. The van der Waals surface area contributed by atoms with Crippen LogP contribution in [-0.2, 0) is 11.0 Å². The number of alkyl halides is 3. The molecule has 2 atom stereocenters. The number of hydrogen-bond acceptors (Lipinski definition) is 3. The number of aliphatic hydroxyl groups is 1. The van der Waals surface area contributed by atoms with Gasteiger partial charge in [0, 0.05) is 12.0 Å². The summed E-state index contributed by atoms with van der Waals surface area (Å²) >= 11 is 0. The van der Waals surface area contributed by atoms with Crippen molar-refractivity contribution in [1.29, 1.82) is 0 Å². The maximum atomic E-state index is 12.5. The molecule has 7 heteroatoms. The van der Waals surface area contributed by atoms with E-state index in [1.807, 2.05) is 0 Å². The Balaban J connectivity index is 2.38. The van der Waals surface area contributed by atoms with Crippen molar-refractivity contribution >= 4 is 5.97 Å². The first-order chi connectivity index (χ1) is 8.29. The van der Waals surface area contributed by atoms with Crippen molar-refractivity contribution < 1.29 is 32.9 Å². The Labute approximate surface area is 99.6 Å². The normalized spacial score (nSPS) is 23.1. The van der Waals surface area contributed by atoms with Gasteiger partial charge in [0.25, 0.3) is 0 Å². The molecular weight excluding hydrogens is 253 g/mol. The molecule has 0 fully saturated rings. The van der Waals surface area contributed by atoms with Crippen LogP contribution in [-0.4, -0.2) is 22.3 Å². The number of benzene rings is 1. The number of aliphatic hydroxyl groups excluding tert-OH is 1. The number of hydrogen-bond donors (Lipinski definition) is 2. The first-order valence-corrected chi connectivity index (χ1v) is 5.07. The monoisotopic (exact) mass is 262 g/mol. The number of halogens is 3. The summed E-state index contributed by atoms with van der Waals surface area (Å²) in [4.78, 5) is 10.7. The summed E-state index contributed by atoms with van der Waals surface area (Å²) in [7, 11) is 0. The van der Waals surface area contributed by atoms with Crippen molar-refractivity contribution in [2.24, 2.45) is 0 Å². The van der Waals surface area contributed by atoms with Crippen LogP contribution >= 0.6 is 0 Å². The van der Waals surface area contributed by atoms with Gasteiger partial charge in [0.2, 0.25) is 0 Å². The predicted molar refractivity (Wildman–Crippen MR) is 53.1 cm³/mol. The Morgan fingerprint density at radius 1 is 1.39 bits per heavy atom. The van der Waals surface area contributed by atoms with Gasteiger partial charge < -0.3 is 14.9 Å². The highest BCUT2D eigenvalue weighted by Gasteiger charge is 2.36. The summed E-state index contributed by atoms with van der Waals surface area (Å²) in [6.45, 7) is 0. The van der Waals surface area contributed by atoms with Crippen LogP contribution in [0.5, 0.6) is 5.75 Å². The molecule has 1 aliphatic heterocycles. The van der Waals surface area contributed by atoms with Crippen LogP contribution in [0.3, 0.4) is 0 Å². The highest BCUT2D eigenvalue weighted by Crippen LogP contribution is 2.39. The molecular formula is C11H9F3O4. The lowest BCUT2D eigenvalue weighted by atomic mass is 9.97. The average molecular weight is 262 g/mol. The van der Waals surface area contributed by atoms with E-state index in [0.29, 0.717) is 0 Å². The number of carboxylic acids is 1. The second-order valence-electron chi connectivity index (χ2n) is 3.95. The Kier molecular flexibility index (Phi) is 2.94. The van der Waals surface area contributed by atoms with Gasteiger partial charge in [0.1, 0.15) is 5.75 Å². The molecule has 98 valence electrons. The van der Waals surface area contributed by atoms with Crippen LogP contribution in [0.25, 0.3) is 0 Å². The zero-order valence-corrected chi connectivity index (χ0v) is 8.94. The van der Waals surface area contributed by atoms with Crippen molar-refractivity contribution in [1.82, 2.24) is 0 Å². The van der Waals surface area contributed by atoms with Gasteiger partial charge in [-0.3, -0.25) is 0 Å². The molecule has 0 saturated carbocycles. The molecule has 0 amide bonds. The zero-order chi connectivity index (χ0) is 13.5. The van der Waals surface area contributed by atoms with Gasteiger partial charge in [0.05, 0.1) is 11.7 Å². The maximum absolute atomic E-state index is 12.5. The van der Waals surface area contributed by atoms with Crippen LogP contribution in [0, 0.1) is 0 Å². The lowest BCUT2D eigenvalue weighted by molar-refractivity contribution is -0.148. The van der Waals surface area contributed by atoms with Crippen molar-refractivity contribution in [3.63, 3.8) is 0 Å². The average Bonchev–Trinajstić information content (AvgIpc) is 2.27. The van der Waals surface area contributed by atoms with Crippen LogP contribution in [0.4, 0.5) is 13.2 Å². The van der Waals surface area contributed by atoms with E-state index in [2.05, 4.69) is 0 Å². The molecule has 0 bridgehead atoms. The summed E-state index contributed by atoms with van der Waals surface area (Å²) in [5.41, 5.74) is -0.944. The van der Waals surface area contributed by atoms with Crippen molar-refractivity contribution in [2.75, 3.05) is 0 Å². The number of aliphatic carboxylic acids is 1. The summed E-state index contributed by atoms with van der Waals surface area (Å²) in [5, 5.41) is 18.4. The molecule has 0 radical (unpaired) electrons.